The topological polar surface area (TPSA) is 70.4 Å². The minimum Gasteiger partial charge on any atom is -0.395 e. The molecule has 0 aliphatic heterocycles. The van der Waals surface area contributed by atoms with Gasteiger partial charge < -0.3 is 15.3 Å². The summed E-state index contributed by atoms with van der Waals surface area (Å²) < 4.78 is 1.59. The molecule has 0 aliphatic rings. The van der Waals surface area contributed by atoms with Crippen LogP contribution >= 0.6 is 11.6 Å². The molecule has 0 saturated heterocycles. The van der Waals surface area contributed by atoms with Crippen molar-refractivity contribution in [2.45, 2.75) is 0 Å². The Kier molecular flexibility index (Phi) is 4.60. The molecule has 2 rings (SSSR count). The molecule has 2 aromatic rings. The SMILES string of the molecule is CN(CCO)C(=O)Nc1cnn(-c2ccccc2Cl)c1. The van der Waals surface area contributed by atoms with Gasteiger partial charge in [0.25, 0.3) is 0 Å². The molecule has 2 amide bonds. The predicted octanol–water partition coefficient (Wildman–Crippen LogP) is 1.98. The maximum Gasteiger partial charge on any atom is 0.321 e. The number of carbonyl (C=O) groups is 1. The summed E-state index contributed by atoms with van der Waals surface area (Å²) in [5.74, 6) is 0. The number of aromatic nitrogens is 2. The highest BCUT2D eigenvalue weighted by Crippen LogP contribution is 2.20. The van der Waals surface area contributed by atoms with E-state index in [1.807, 2.05) is 18.2 Å². The average molecular weight is 295 g/mol. The summed E-state index contributed by atoms with van der Waals surface area (Å²) in [4.78, 5) is 13.1. The highest BCUT2D eigenvalue weighted by atomic mass is 35.5. The third-order valence-electron chi connectivity index (χ3n) is 2.72. The van der Waals surface area contributed by atoms with Crippen LogP contribution in [0.5, 0.6) is 0 Å². The Balaban J connectivity index is 2.10. The Labute approximate surface area is 121 Å². The molecule has 0 fully saturated rings. The molecule has 6 nitrogen and oxygen atoms in total. The van der Waals surface area contributed by atoms with Gasteiger partial charge in [-0.1, -0.05) is 23.7 Å². The number of benzene rings is 1. The van der Waals surface area contributed by atoms with E-state index in [9.17, 15) is 4.79 Å². The monoisotopic (exact) mass is 294 g/mol. The standard InChI is InChI=1S/C13H15ClN4O2/c1-17(6-7-19)13(20)16-10-8-15-18(9-10)12-5-3-2-4-11(12)14/h2-5,8-9,19H,6-7H2,1H3,(H,16,20). The van der Waals surface area contributed by atoms with Crippen LogP contribution in [0, 0.1) is 0 Å². The summed E-state index contributed by atoms with van der Waals surface area (Å²) in [5.41, 5.74) is 1.29. The molecule has 0 unspecified atom stereocenters. The lowest BCUT2D eigenvalue weighted by atomic mass is 10.3. The molecule has 1 aromatic heterocycles. The Hall–Kier alpha value is -2.05. The second kappa shape index (κ2) is 6.40. The Morgan fingerprint density at radius 3 is 2.95 bits per heavy atom. The number of hydrogen-bond acceptors (Lipinski definition) is 3. The molecule has 7 heteroatoms. The predicted molar refractivity (Wildman–Crippen MR) is 77.3 cm³/mol. The lowest BCUT2D eigenvalue weighted by Gasteiger charge is -2.15. The zero-order chi connectivity index (χ0) is 14.5. The first-order valence-corrected chi connectivity index (χ1v) is 6.42. The van der Waals surface area contributed by atoms with Gasteiger partial charge in [0.05, 0.1) is 35.4 Å². The van der Waals surface area contributed by atoms with Gasteiger partial charge in [0.1, 0.15) is 0 Å². The molecule has 1 aromatic carbocycles. The maximum absolute atomic E-state index is 11.8. The summed E-state index contributed by atoms with van der Waals surface area (Å²) in [6.07, 6.45) is 3.21. The lowest BCUT2D eigenvalue weighted by Crippen LogP contribution is -2.33. The van der Waals surface area contributed by atoms with E-state index in [4.69, 9.17) is 16.7 Å². The van der Waals surface area contributed by atoms with Gasteiger partial charge in [-0.05, 0) is 12.1 Å². The quantitative estimate of drug-likeness (QED) is 0.906. The van der Waals surface area contributed by atoms with E-state index >= 15 is 0 Å². The van der Waals surface area contributed by atoms with Gasteiger partial charge in [-0.15, -0.1) is 0 Å². The van der Waals surface area contributed by atoms with Crippen molar-refractivity contribution in [1.29, 1.82) is 0 Å². The second-order valence-corrected chi connectivity index (χ2v) is 4.61. The largest absolute Gasteiger partial charge is 0.395 e. The van der Waals surface area contributed by atoms with Crippen LogP contribution in [0.15, 0.2) is 36.7 Å². The molecule has 0 bridgehead atoms. The summed E-state index contributed by atoms with van der Waals surface area (Å²) in [6, 6.07) is 6.99. The van der Waals surface area contributed by atoms with Crippen molar-refractivity contribution < 1.29 is 9.90 Å². The van der Waals surface area contributed by atoms with Crippen LogP contribution in [0.25, 0.3) is 5.69 Å². The van der Waals surface area contributed by atoms with Gasteiger partial charge in [0, 0.05) is 13.6 Å². The van der Waals surface area contributed by atoms with Crippen LogP contribution in [0.2, 0.25) is 5.02 Å². The summed E-state index contributed by atoms with van der Waals surface area (Å²) >= 11 is 6.08. The highest BCUT2D eigenvalue weighted by molar-refractivity contribution is 6.32. The van der Waals surface area contributed by atoms with Crippen molar-refractivity contribution in [3.8, 4) is 5.69 Å². The number of likely N-dealkylation sites (N-methyl/N-ethyl adjacent to an activating group) is 1. The number of amides is 2. The van der Waals surface area contributed by atoms with Gasteiger partial charge in [0.2, 0.25) is 0 Å². The minimum atomic E-state index is -0.308. The van der Waals surface area contributed by atoms with Crippen molar-refractivity contribution >= 4 is 23.3 Å². The molecular formula is C13H15ClN4O2. The third kappa shape index (κ3) is 3.28. The fourth-order valence-corrected chi connectivity index (χ4v) is 1.85. The van der Waals surface area contributed by atoms with E-state index in [1.165, 1.54) is 11.1 Å². The number of carbonyl (C=O) groups excluding carboxylic acids is 1. The van der Waals surface area contributed by atoms with Crippen LogP contribution in [0.1, 0.15) is 0 Å². The van der Waals surface area contributed by atoms with E-state index < -0.39 is 0 Å². The number of urea groups is 1. The van der Waals surface area contributed by atoms with Crippen LogP contribution in [0.4, 0.5) is 10.5 Å². The smallest absolute Gasteiger partial charge is 0.321 e. The van der Waals surface area contributed by atoms with E-state index in [1.54, 1.807) is 24.0 Å². The molecule has 0 saturated carbocycles. The molecule has 0 atom stereocenters. The zero-order valence-corrected chi connectivity index (χ0v) is 11.7. The number of nitrogens with one attached hydrogen (secondary N) is 1. The van der Waals surface area contributed by atoms with Gasteiger partial charge in [-0.25, -0.2) is 9.48 Å². The number of aliphatic hydroxyl groups excluding tert-OH is 1. The van der Waals surface area contributed by atoms with Crippen molar-refractivity contribution in [2.24, 2.45) is 0 Å². The van der Waals surface area contributed by atoms with E-state index in [-0.39, 0.29) is 19.2 Å². The number of nitrogens with zero attached hydrogens (tertiary/aromatic N) is 3. The van der Waals surface area contributed by atoms with Crippen LogP contribution in [-0.2, 0) is 0 Å². The van der Waals surface area contributed by atoms with Gasteiger partial charge >= 0.3 is 6.03 Å². The molecule has 0 spiro atoms. The first-order chi connectivity index (χ1) is 9.61. The van der Waals surface area contributed by atoms with Crippen molar-refractivity contribution in [1.82, 2.24) is 14.7 Å². The fourth-order valence-electron chi connectivity index (χ4n) is 1.63. The molecule has 20 heavy (non-hydrogen) atoms. The first kappa shape index (κ1) is 14.4. The van der Waals surface area contributed by atoms with Gasteiger partial charge in [-0.2, -0.15) is 5.10 Å². The molecule has 0 radical (unpaired) electrons. The van der Waals surface area contributed by atoms with E-state index in [2.05, 4.69) is 10.4 Å². The van der Waals surface area contributed by atoms with E-state index in [0.29, 0.717) is 10.7 Å². The zero-order valence-electron chi connectivity index (χ0n) is 11.0. The number of aliphatic hydroxyl groups is 1. The van der Waals surface area contributed by atoms with Crippen LogP contribution in [-0.4, -0.2) is 46.0 Å². The molecular weight excluding hydrogens is 280 g/mol. The number of rotatable bonds is 4. The van der Waals surface area contributed by atoms with Crippen molar-refractivity contribution in [2.75, 3.05) is 25.5 Å². The van der Waals surface area contributed by atoms with Crippen LogP contribution in [0.3, 0.4) is 0 Å². The summed E-state index contributed by atoms with van der Waals surface area (Å²) in [7, 11) is 1.60. The molecule has 0 aliphatic carbocycles. The minimum absolute atomic E-state index is 0.0806. The first-order valence-electron chi connectivity index (χ1n) is 6.04. The normalized spacial score (nSPS) is 10.3. The van der Waals surface area contributed by atoms with Crippen molar-refractivity contribution in [3.63, 3.8) is 0 Å². The molecule has 2 N–H and O–H groups in total. The highest BCUT2D eigenvalue weighted by Gasteiger charge is 2.10. The number of hydrogen-bond donors (Lipinski definition) is 2. The fraction of sp³-hybridized carbons (Fsp3) is 0.231. The third-order valence-corrected chi connectivity index (χ3v) is 3.03. The van der Waals surface area contributed by atoms with Crippen LogP contribution < -0.4 is 5.32 Å². The molecule has 1 heterocycles. The Morgan fingerprint density at radius 2 is 2.25 bits per heavy atom. The Morgan fingerprint density at radius 1 is 1.50 bits per heavy atom. The summed E-state index contributed by atoms with van der Waals surface area (Å²) in [5, 5.41) is 16.2. The number of para-hydroxylation sites is 1. The van der Waals surface area contributed by atoms with Gasteiger partial charge in [0.15, 0.2) is 0 Å². The number of halogens is 1. The number of anilines is 1. The second-order valence-electron chi connectivity index (χ2n) is 4.20. The average Bonchev–Trinajstić information content (AvgIpc) is 2.87. The lowest BCUT2D eigenvalue weighted by molar-refractivity contribution is 0.202. The van der Waals surface area contributed by atoms with E-state index in [0.717, 1.165) is 5.69 Å². The molecule has 106 valence electrons. The Bertz CT molecular complexity index is 600. The van der Waals surface area contributed by atoms with Crippen molar-refractivity contribution in [3.05, 3.63) is 41.7 Å². The summed E-state index contributed by atoms with van der Waals surface area (Å²) in [6.45, 7) is 0.188. The van der Waals surface area contributed by atoms with Gasteiger partial charge in [-0.3, -0.25) is 0 Å². The maximum atomic E-state index is 11.8.